The Balaban J connectivity index is 2.03. The molecule has 3 heteroatoms. The lowest BCUT2D eigenvalue weighted by molar-refractivity contribution is 0.0914. The summed E-state index contributed by atoms with van der Waals surface area (Å²) in [5, 5.41) is 0. The number of ketones is 1. The normalized spacial score (nSPS) is 15.4. The van der Waals surface area contributed by atoms with Gasteiger partial charge in [0.05, 0.1) is 6.54 Å². The molecule has 0 atom stereocenters. The van der Waals surface area contributed by atoms with E-state index in [2.05, 4.69) is 34.7 Å². The van der Waals surface area contributed by atoms with E-state index in [1.165, 1.54) is 12.8 Å². The van der Waals surface area contributed by atoms with E-state index in [0.717, 1.165) is 16.6 Å². The number of carbonyl (C=O) groups is 1. The molecule has 0 heterocycles. The summed E-state index contributed by atoms with van der Waals surface area (Å²) >= 11 is 3.45. The average Bonchev–Trinajstić information content (AvgIpc) is 3.11. The van der Waals surface area contributed by atoms with Crippen molar-refractivity contribution in [3.05, 3.63) is 34.3 Å². The van der Waals surface area contributed by atoms with Crippen LogP contribution in [0.25, 0.3) is 0 Å². The second-order valence-electron chi connectivity index (χ2n) is 5.46. The Morgan fingerprint density at radius 3 is 2.61 bits per heavy atom. The van der Waals surface area contributed by atoms with Crippen LogP contribution in [-0.4, -0.2) is 29.8 Å². The van der Waals surface area contributed by atoms with Crippen LogP contribution in [0.3, 0.4) is 0 Å². The van der Waals surface area contributed by atoms with E-state index < -0.39 is 0 Å². The fraction of sp³-hybridized carbons (Fsp3) is 0.533. The molecular weight excluding hydrogens is 290 g/mol. The van der Waals surface area contributed by atoms with Gasteiger partial charge in [0, 0.05) is 22.6 Å². The maximum atomic E-state index is 12.3. The lowest BCUT2D eigenvalue weighted by atomic mass is 10.1. The van der Waals surface area contributed by atoms with Gasteiger partial charge in [-0.25, -0.2) is 0 Å². The largest absolute Gasteiger partial charge is 0.293 e. The van der Waals surface area contributed by atoms with Gasteiger partial charge in [0.25, 0.3) is 0 Å². The zero-order chi connectivity index (χ0) is 13.1. The van der Waals surface area contributed by atoms with Crippen LogP contribution in [-0.2, 0) is 0 Å². The van der Waals surface area contributed by atoms with Gasteiger partial charge in [-0.1, -0.05) is 48.0 Å². The van der Waals surface area contributed by atoms with E-state index >= 15 is 0 Å². The maximum Gasteiger partial charge on any atom is 0.177 e. The highest BCUT2D eigenvalue weighted by Gasteiger charge is 2.30. The van der Waals surface area contributed by atoms with Crippen LogP contribution < -0.4 is 0 Å². The fourth-order valence-corrected chi connectivity index (χ4v) is 2.71. The van der Waals surface area contributed by atoms with Crippen molar-refractivity contribution in [3.63, 3.8) is 0 Å². The molecule has 18 heavy (non-hydrogen) atoms. The first-order chi connectivity index (χ1) is 8.58. The fourth-order valence-electron chi connectivity index (χ4n) is 2.21. The Morgan fingerprint density at radius 2 is 2.06 bits per heavy atom. The first kappa shape index (κ1) is 13.8. The number of hydrogen-bond acceptors (Lipinski definition) is 2. The average molecular weight is 310 g/mol. The SMILES string of the molecule is CC(C)CN(CC(=O)c1ccccc1Br)C1CC1. The number of nitrogens with zero attached hydrogens (tertiary/aromatic N) is 1. The minimum absolute atomic E-state index is 0.218. The van der Waals surface area contributed by atoms with Gasteiger partial charge in [-0.15, -0.1) is 0 Å². The molecule has 0 aromatic heterocycles. The lowest BCUT2D eigenvalue weighted by Gasteiger charge is -2.23. The molecule has 1 aromatic rings. The summed E-state index contributed by atoms with van der Waals surface area (Å²) in [5.41, 5.74) is 0.798. The summed E-state index contributed by atoms with van der Waals surface area (Å²) in [6.07, 6.45) is 2.49. The molecule has 0 radical (unpaired) electrons. The second kappa shape index (κ2) is 5.98. The van der Waals surface area contributed by atoms with Crippen LogP contribution in [0, 0.1) is 5.92 Å². The first-order valence-electron chi connectivity index (χ1n) is 6.59. The molecule has 0 bridgehead atoms. The van der Waals surface area contributed by atoms with E-state index in [1.54, 1.807) is 0 Å². The van der Waals surface area contributed by atoms with Crippen molar-refractivity contribution < 1.29 is 4.79 Å². The third-order valence-electron chi connectivity index (χ3n) is 3.18. The van der Waals surface area contributed by atoms with Gasteiger partial charge in [-0.05, 0) is 24.8 Å². The van der Waals surface area contributed by atoms with Gasteiger partial charge in [-0.2, -0.15) is 0 Å². The maximum absolute atomic E-state index is 12.3. The van der Waals surface area contributed by atoms with Gasteiger partial charge < -0.3 is 0 Å². The van der Waals surface area contributed by atoms with Crippen LogP contribution in [0.5, 0.6) is 0 Å². The molecule has 1 aliphatic rings. The van der Waals surface area contributed by atoms with Crippen molar-refractivity contribution in [1.29, 1.82) is 0 Å². The standard InChI is InChI=1S/C15H20BrNO/c1-11(2)9-17(12-7-8-12)10-15(18)13-5-3-4-6-14(13)16/h3-6,11-12H,7-10H2,1-2H3. The predicted molar refractivity (Wildman–Crippen MR) is 77.9 cm³/mol. The van der Waals surface area contributed by atoms with Crippen molar-refractivity contribution in [2.24, 2.45) is 5.92 Å². The van der Waals surface area contributed by atoms with Crippen LogP contribution in [0.2, 0.25) is 0 Å². The number of hydrogen-bond donors (Lipinski definition) is 0. The summed E-state index contributed by atoms with van der Waals surface area (Å²) in [6, 6.07) is 8.32. The summed E-state index contributed by atoms with van der Waals surface area (Å²) in [5.74, 6) is 0.827. The molecule has 0 amide bonds. The zero-order valence-electron chi connectivity index (χ0n) is 11.0. The van der Waals surface area contributed by atoms with Crippen molar-refractivity contribution in [2.45, 2.75) is 32.7 Å². The zero-order valence-corrected chi connectivity index (χ0v) is 12.6. The minimum Gasteiger partial charge on any atom is -0.293 e. The van der Waals surface area contributed by atoms with Gasteiger partial charge in [0.15, 0.2) is 5.78 Å². The molecule has 2 rings (SSSR count). The van der Waals surface area contributed by atoms with Gasteiger partial charge >= 0.3 is 0 Å². The third kappa shape index (κ3) is 3.66. The summed E-state index contributed by atoms with van der Waals surface area (Å²) in [6.45, 7) is 5.98. The Kier molecular flexibility index (Phi) is 4.57. The molecule has 0 aliphatic heterocycles. The number of carbonyl (C=O) groups excluding carboxylic acids is 1. The Bertz CT molecular complexity index is 426. The number of Topliss-reactive ketones (excluding diaryl/α,β-unsaturated/α-hetero) is 1. The Morgan fingerprint density at radius 1 is 1.39 bits per heavy atom. The molecule has 1 aromatic carbocycles. The first-order valence-corrected chi connectivity index (χ1v) is 7.39. The van der Waals surface area contributed by atoms with Crippen LogP contribution in [0.15, 0.2) is 28.7 Å². The predicted octanol–water partition coefficient (Wildman–Crippen LogP) is 3.75. The van der Waals surface area contributed by atoms with Gasteiger partial charge in [0.1, 0.15) is 0 Å². The quantitative estimate of drug-likeness (QED) is 0.746. The molecule has 1 fully saturated rings. The van der Waals surface area contributed by atoms with Crippen molar-refractivity contribution >= 4 is 21.7 Å². The smallest absolute Gasteiger partial charge is 0.177 e. The summed E-state index contributed by atoms with van der Waals surface area (Å²) in [7, 11) is 0. The highest BCUT2D eigenvalue weighted by molar-refractivity contribution is 9.10. The highest BCUT2D eigenvalue weighted by atomic mass is 79.9. The van der Waals surface area contributed by atoms with E-state index in [9.17, 15) is 4.79 Å². The molecule has 0 unspecified atom stereocenters. The number of benzene rings is 1. The minimum atomic E-state index is 0.218. The van der Waals surface area contributed by atoms with Crippen LogP contribution in [0.1, 0.15) is 37.0 Å². The number of rotatable bonds is 6. The third-order valence-corrected chi connectivity index (χ3v) is 3.88. The molecule has 2 nitrogen and oxygen atoms in total. The topological polar surface area (TPSA) is 20.3 Å². The van der Waals surface area contributed by atoms with E-state index in [1.807, 2.05) is 24.3 Å². The molecule has 0 N–H and O–H groups in total. The van der Waals surface area contributed by atoms with Crippen molar-refractivity contribution in [3.8, 4) is 0 Å². The van der Waals surface area contributed by atoms with Gasteiger partial charge in [0.2, 0.25) is 0 Å². The molecule has 1 aliphatic carbocycles. The molecule has 98 valence electrons. The Labute approximate surface area is 117 Å². The lowest BCUT2D eigenvalue weighted by Crippen LogP contribution is -2.35. The molecule has 1 saturated carbocycles. The number of halogens is 1. The van der Waals surface area contributed by atoms with E-state index in [0.29, 0.717) is 18.5 Å². The van der Waals surface area contributed by atoms with Crippen molar-refractivity contribution in [2.75, 3.05) is 13.1 Å². The molecular formula is C15H20BrNO. The van der Waals surface area contributed by atoms with E-state index in [4.69, 9.17) is 0 Å². The van der Waals surface area contributed by atoms with E-state index in [-0.39, 0.29) is 5.78 Å². The summed E-state index contributed by atoms with van der Waals surface area (Å²) in [4.78, 5) is 14.7. The molecule has 0 saturated heterocycles. The molecule has 0 spiro atoms. The van der Waals surface area contributed by atoms with Crippen LogP contribution in [0.4, 0.5) is 0 Å². The van der Waals surface area contributed by atoms with Crippen LogP contribution >= 0.6 is 15.9 Å². The Hall–Kier alpha value is -0.670. The second-order valence-corrected chi connectivity index (χ2v) is 6.31. The highest BCUT2D eigenvalue weighted by Crippen LogP contribution is 2.28. The van der Waals surface area contributed by atoms with Gasteiger partial charge in [-0.3, -0.25) is 9.69 Å². The van der Waals surface area contributed by atoms with Crippen molar-refractivity contribution in [1.82, 2.24) is 4.90 Å². The summed E-state index contributed by atoms with van der Waals surface area (Å²) < 4.78 is 0.898. The monoisotopic (exact) mass is 309 g/mol.